The van der Waals surface area contributed by atoms with E-state index in [9.17, 15) is 9.90 Å². The van der Waals surface area contributed by atoms with Gasteiger partial charge in [0.1, 0.15) is 0 Å². The summed E-state index contributed by atoms with van der Waals surface area (Å²) in [6, 6.07) is 8.72. The van der Waals surface area contributed by atoms with E-state index in [0.29, 0.717) is 16.9 Å². The molecule has 0 aliphatic rings. The first kappa shape index (κ1) is 12.3. The minimum absolute atomic E-state index is 0.105. The Hall–Kier alpha value is -2.14. The first-order valence-corrected chi connectivity index (χ1v) is 5.78. The summed E-state index contributed by atoms with van der Waals surface area (Å²) in [4.78, 5) is 14.9. The van der Waals surface area contributed by atoms with E-state index in [2.05, 4.69) is 11.6 Å². The molecular formula is C13H12N2O2S. The van der Waals surface area contributed by atoms with Crippen LogP contribution < -0.4 is 0 Å². The molecule has 5 heteroatoms. The Morgan fingerprint density at radius 2 is 2.11 bits per heavy atom. The van der Waals surface area contributed by atoms with Gasteiger partial charge in [-0.25, -0.2) is 0 Å². The van der Waals surface area contributed by atoms with Crippen molar-refractivity contribution in [1.29, 1.82) is 0 Å². The molecule has 2 rings (SSSR count). The monoisotopic (exact) mass is 260 g/mol. The Kier molecular flexibility index (Phi) is 3.43. The second kappa shape index (κ2) is 5.01. The number of aromatic hydroxyl groups is 1. The lowest BCUT2D eigenvalue weighted by Crippen LogP contribution is -2.02. The van der Waals surface area contributed by atoms with E-state index in [0.717, 1.165) is 0 Å². The highest BCUT2D eigenvalue weighted by Gasteiger charge is 2.18. The molecule has 1 aromatic heterocycles. The van der Waals surface area contributed by atoms with Gasteiger partial charge in [0.15, 0.2) is 10.5 Å². The predicted octanol–water partition coefficient (Wildman–Crippen LogP) is 2.67. The molecule has 0 amide bonds. The zero-order valence-corrected chi connectivity index (χ0v) is 10.4. The van der Waals surface area contributed by atoms with E-state index in [1.54, 1.807) is 30.3 Å². The van der Waals surface area contributed by atoms with Crippen LogP contribution in [-0.2, 0) is 6.54 Å². The Labute approximate surface area is 109 Å². The summed E-state index contributed by atoms with van der Waals surface area (Å²) in [6.45, 7) is 3.92. The third kappa shape index (κ3) is 2.12. The molecule has 0 saturated heterocycles. The van der Waals surface area contributed by atoms with Crippen LogP contribution in [-0.4, -0.2) is 20.4 Å². The van der Waals surface area contributed by atoms with E-state index in [1.165, 1.54) is 4.57 Å². The van der Waals surface area contributed by atoms with Crippen molar-refractivity contribution in [2.45, 2.75) is 6.54 Å². The maximum Gasteiger partial charge on any atom is 0.222 e. The number of nitrogens with one attached hydrogen (secondary N) is 1. The fourth-order valence-electron chi connectivity index (χ4n) is 1.65. The molecule has 0 atom stereocenters. The molecule has 0 aliphatic carbocycles. The van der Waals surface area contributed by atoms with Crippen molar-refractivity contribution in [3.63, 3.8) is 0 Å². The largest absolute Gasteiger partial charge is 0.493 e. The lowest BCUT2D eigenvalue weighted by atomic mass is 10.1. The maximum absolute atomic E-state index is 12.2. The fourth-order valence-corrected chi connectivity index (χ4v) is 1.92. The molecule has 0 saturated carbocycles. The molecule has 0 radical (unpaired) electrons. The molecule has 0 unspecified atom stereocenters. The molecule has 2 aromatic rings. The molecule has 0 spiro atoms. The van der Waals surface area contributed by atoms with Crippen LogP contribution in [0.3, 0.4) is 0 Å². The van der Waals surface area contributed by atoms with Crippen molar-refractivity contribution in [2.75, 3.05) is 0 Å². The van der Waals surface area contributed by atoms with Gasteiger partial charge in [0.25, 0.3) is 0 Å². The highest BCUT2D eigenvalue weighted by Crippen LogP contribution is 2.20. The Balaban J connectivity index is 2.47. The minimum Gasteiger partial charge on any atom is -0.493 e. The summed E-state index contributed by atoms with van der Waals surface area (Å²) < 4.78 is 1.71. The SMILES string of the molecule is C=CCn1c(O)c(C(=O)c2ccccc2)[nH]c1=S. The second-order valence-electron chi connectivity index (χ2n) is 3.72. The normalized spacial score (nSPS) is 10.2. The van der Waals surface area contributed by atoms with E-state index < -0.39 is 0 Å². The highest BCUT2D eigenvalue weighted by atomic mass is 32.1. The quantitative estimate of drug-likeness (QED) is 0.505. The van der Waals surface area contributed by atoms with Gasteiger partial charge in [-0.2, -0.15) is 0 Å². The summed E-state index contributed by atoms with van der Waals surface area (Å²) in [7, 11) is 0. The summed E-state index contributed by atoms with van der Waals surface area (Å²) in [5.74, 6) is -0.448. The molecule has 92 valence electrons. The van der Waals surface area contributed by atoms with Crippen molar-refractivity contribution in [1.82, 2.24) is 9.55 Å². The summed E-state index contributed by atoms with van der Waals surface area (Å²) in [5, 5.41) is 9.97. The van der Waals surface area contributed by atoms with Gasteiger partial charge in [-0.05, 0) is 12.2 Å². The molecule has 1 aromatic carbocycles. The van der Waals surface area contributed by atoms with Gasteiger partial charge in [-0.15, -0.1) is 6.58 Å². The number of carbonyl (C=O) groups excluding carboxylic acids is 1. The molecule has 4 nitrogen and oxygen atoms in total. The second-order valence-corrected chi connectivity index (χ2v) is 4.11. The minimum atomic E-state index is -0.290. The topological polar surface area (TPSA) is 58.0 Å². The van der Waals surface area contributed by atoms with Gasteiger partial charge in [0.05, 0.1) is 0 Å². The number of allylic oxidation sites excluding steroid dienone is 1. The van der Waals surface area contributed by atoms with Crippen molar-refractivity contribution in [2.24, 2.45) is 0 Å². The average molecular weight is 260 g/mol. The standard InChI is InChI=1S/C13H12N2O2S/c1-2-8-15-12(17)10(14-13(15)18)11(16)9-6-4-3-5-7-9/h2-7,17H,1,8H2,(H,14,18). The van der Waals surface area contributed by atoms with Crippen molar-refractivity contribution in [3.8, 4) is 5.88 Å². The summed E-state index contributed by atoms with van der Waals surface area (Å²) in [5.41, 5.74) is 0.600. The number of imidazole rings is 1. The van der Waals surface area contributed by atoms with Crippen LogP contribution in [0.25, 0.3) is 0 Å². The molecular weight excluding hydrogens is 248 g/mol. The van der Waals surface area contributed by atoms with E-state index >= 15 is 0 Å². The van der Waals surface area contributed by atoms with Crippen molar-refractivity contribution in [3.05, 3.63) is 59.0 Å². The van der Waals surface area contributed by atoms with E-state index in [4.69, 9.17) is 12.2 Å². The van der Waals surface area contributed by atoms with E-state index in [1.807, 2.05) is 6.07 Å². The number of rotatable bonds is 4. The van der Waals surface area contributed by atoms with Crippen LogP contribution in [0.15, 0.2) is 43.0 Å². The lowest BCUT2D eigenvalue weighted by Gasteiger charge is -2.01. The number of aromatic nitrogens is 2. The number of H-pyrrole nitrogens is 1. The number of nitrogens with zero attached hydrogens (tertiary/aromatic N) is 1. The van der Waals surface area contributed by atoms with Gasteiger partial charge in [-0.1, -0.05) is 36.4 Å². The van der Waals surface area contributed by atoms with Crippen LogP contribution >= 0.6 is 12.2 Å². The average Bonchev–Trinajstić information content (AvgIpc) is 2.67. The van der Waals surface area contributed by atoms with Crippen LogP contribution in [0, 0.1) is 4.77 Å². The van der Waals surface area contributed by atoms with Gasteiger partial charge in [0.2, 0.25) is 11.7 Å². The first-order chi connectivity index (χ1) is 8.65. The maximum atomic E-state index is 12.2. The molecule has 0 fully saturated rings. The van der Waals surface area contributed by atoms with Gasteiger partial charge in [0, 0.05) is 12.1 Å². The molecule has 2 N–H and O–H groups in total. The Morgan fingerprint density at radius 3 is 2.72 bits per heavy atom. The van der Waals surface area contributed by atoms with Crippen LogP contribution in [0.1, 0.15) is 16.1 Å². The first-order valence-electron chi connectivity index (χ1n) is 5.37. The number of hydrogen-bond donors (Lipinski definition) is 2. The zero-order chi connectivity index (χ0) is 13.1. The number of hydrogen-bond acceptors (Lipinski definition) is 3. The van der Waals surface area contributed by atoms with Crippen molar-refractivity contribution < 1.29 is 9.90 Å². The molecule has 0 bridgehead atoms. The summed E-state index contributed by atoms with van der Waals surface area (Å²) >= 11 is 5.04. The summed E-state index contributed by atoms with van der Waals surface area (Å²) in [6.07, 6.45) is 1.60. The fraction of sp³-hybridized carbons (Fsp3) is 0.0769. The highest BCUT2D eigenvalue weighted by molar-refractivity contribution is 7.71. The number of benzene rings is 1. The van der Waals surface area contributed by atoms with Gasteiger partial charge < -0.3 is 10.1 Å². The lowest BCUT2D eigenvalue weighted by molar-refractivity contribution is 0.103. The number of aromatic amines is 1. The molecule has 0 aliphatic heterocycles. The zero-order valence-electron chi connectivity index (χ0n) is 9.59. The smallest absolute Gasteiger partial charge is 0.222 e. The van der Waals surface area contributed by atoms with Crippen LogP contribution in [0.4, 0.5) is 0 Å². The third-order valence-corrected chi connectivity index (χ3v) is 2.85. The van der Waals surface area contributed by atoms with Gasteiger partial charge >= 0.3 is 0 Å². The molecule has 1 heterocycles. The Morgan fingerprint density at radius 1 is 1.44 bits per heavy atom. The van der Waals surface area contributed by atoms with E-state index in [-0.39, 0.29) is 17.4 Å². The van der Waals surface area contributed by atoms with Crippen LogP contribution in [0.5, 0.6) is 5.88 Å². The number of carbonyl (C=O) groups is 1. The number of ketones is 1. The molecule has 18 heavy (non-hydrogen) atoms. The predicted molar refractivity (Wildman–Crippen MR) is 71.4 cm³/mol. The van der Waals surface area contributed by atoms with Crippen molar-refractivity contribution >= 4 is 18.0 Å². The van der Waals surface area contributed by atoms with Crippen LogP contribution in [0.2, 0.25) is 0 Å². The van der Waals surface area contributed by atoms with Gasteiger partial charge in [-0.3, -0.25) is 9.36 Å². The third-order valence-electron chi connectivity index (χ3n) is 2.53. The Bertz CT molecular complexity index is 641.